The number of allylic oxidation sites excluding steroid dienone is 2. The van der Waals surface area contributed by atoms with E-state index in [1.165, 1.54) is 12.8 Å². The van der Waals surface area contributed by atoms with Gasteiger partial charge in [-0.15, -0.1) is 0 Å². The molecule has 60 valence electrons. The van der Waals surface area contributed by atoms with Crippen molar-refractivity contribution in [2.24, 2.45) is 17.8 Å². The molecule has 0 heterocycles. The van der Waals surface area contributed by atoms with Crippen molar-refractivity contribution in [2.75, 3.05) is 0 Å². The highest BCUT2D eigenvalue weighted by atomic mass is 16.1. The van der Waals surface area contributed by atoms with Crippen molar-refractivity contribution in [1.29, 1.82) is 0 Å². The van der Waals surface area contributed by atoms with Crippen LogP contribution >= 0.6 is 0 Å². The van der Waals surface area contributed by atoms with Crippen LogP contribution in [0.5, 0.6) is 0 Å². The van der Waals surface area contributed by atoms with E-state index in [9.17, 15) is 4.79 Å². The van der Waals surface area contributed by atoms with Crippen LogP contribution in [0.2, 0.25) is 0 Å². The summed E-state index contributed by atoms with van der Waals surface area (Å²) in [6, 6.07) is 0. The van der Waals surface area contributed by atoms with Crippen LogP contribution in [0.3, 0.4) is 0 Å². The minimum Gasteiger partial charge on any atom is -0.300 e. The van der Waals surface area contributed by atoms with Crippen LogP contribution in [0, 0.1) is 17.8 Å². The Morgan fingerprint density at radius 1 is 1.36 bits per heavy atom. The van der Waals surface area contributed by atoms with Crippen LogP contribution in [-0.2, 0) is 4.79 Å². The number of hydrogen-bond donors (Lipinski definition) is 0. The second-order valence-corrected chi connectivity index (χ2v) is 3.84. The summed E-state index contributed by atoms with van der Waals surface area (Å²) in [5.41, 5.74) is 0. The Labute approximate surface area is 67.5 Å². The number of carbonyl (C=O) groups is 1. The Morgan fingerprint density at radius 2 is 2.18 bits per heavy atom. The topological polar surface area (TPSA) is 17.1 Å². The molecule has 0 saturated heterocycles. The Bertz CT molecular complexity index is 205. The lowest BCUT2D eigenvalue weighted by Crippen LogP contribution is -2.31. The first-order chi connectivity index (χ1) is 5.27. The van der Waals surface area contributed by atoms with E-state index in [0.717, 1.165) is 6.42 Å². The average Bonchev–Trinajstić information content (AvgIpc) is 2.06. The SMILES string of the molecule is CC(=O)[C@H]1C[C@H]2C=C[C@H]1CC2. The largest absolute Gasteiger partial charge is 0.300 e. The van der Waals surface area contributed by atoms with Gasteiger partial charge in [0.15, 0.2) is 0 Å². The first-order valence-electron chi connectivity index (χ1n) is 4.46. The van der Waals surface area contributed by atoms with Crippen molar-refractivity contribution in [3.05, 3.63) is 12.2 Å². The fraction of sp³-hybridized carbons (Fsp3) is 0.700. The molecule has 0 aliphatic heterocycles. The summed E-state index contributed by atoms with van der Waals surface area (Å²) < 4.78 is 0. The quantitative estimate of drug-likeness (QED) is 0.523. The molecule has 11 heavy (non-hydrogen) atoms. The van der Waals surface area contributed by atoms with Gasteiger partial charge in [0, 0.05) is 5.92 Å². The van der Waals surface area contributed by atoms with E-state index in [0.29, 0.717) is 23.5 Å². The Hall–Kier alpha value is -0.590. The third-order valence-corrected chi connectivity index (χ3v) is 3.10. The van der Waals surface area contributed by atoms with Crippen LogP contribution < -0.4 is 0 Å². The number of rotatable bonds is 1. The molecule has 0 aromatic carbocycles. The summed E-state index contributed by atoms with van der Waals surface area (Å²) in [6.45, 7) is 1.74. The Balaban J connectivity index is 2.17. The van der Waals surface area contributed by atoms with Gasteiger partial charge in [-0.3, -0.25) is 4.79 Å². The lowest BCUT2D eigenvalue weighted by molar-refractivity contribution is -0.123. The second-order valence-electron chi connectivity index (χ2n) is 3.84. The van der Waals surface area contributed by atoms with Crippen molar-refractivity contribution in [3.8, 4) is 0 Å². The molecule has 1 saturated carbocycles. The summed E-state index contributed by atoms with van der Waals surface area (Å²) >= 11 is 0. The number of Topliss-reactive ketones (excluding diaryl/α,β-unsaturated/α-hetero) is 1. The molecule has 1 fully saturated rings. The molecule has 0 spiro atoms. The molecule has 3 rings (SSSR count). The van der Waals surface area contributed by atoms with Crippen LogP contribution in [-0.4, -0.2) is 5.78 Å². The van der Waals surface area contributed by atoms with Crippen LogP contribution in [0.4, 0.5) is 0 Å². The number of fused-ring (bicyclic) bond motifs is 2. The van der Waals surface area contributed by atoms with Gasteiger partial charge < -0.3 is 0 Å². The van der Waals surface area contributed by atoms with Crippen molar-refractivity contribution in [3.63, 3.8) is 0 Å². The van der Waals surface area contributed by atoms with Crippen molar-refractivity contribution >= 4 is 5.78 Å². The van der Waals surface area contributed by atoms with Gasteiger partial charge in [-0.05, 0) is 38.0 Å². The summed E-state index contributed by atoms with van der Waals surface area (Å²) in [7, 11) is 0. The molecule has 0 aromatic heterocycles. The number of hydrogen-bond acceptors (Lipinski definition) is 1. The van der Waals surface area contributed by atoms with Crippen LogP contribution in [0.1, 0.15) is 26.2 Å². The van der Waals surface area contributed by atoms with Crippen molar-refractivity contribution in [1.82, 2.24) is 0 Å². The van der Waals surface area contributed by atoms with E-state index in [1.54, 1.807) is 6.92 Å². The van der Waals surface area contributed by atoms with E-state index < -0.39 is 0 Å². The zero-order chi connectivity index (χ0) is 7.84. The minimum absolute atomic E-state index is 0.360. The first kappa shape index (κ1) is 7.08. The Morgan fingerprint density at radius 3 is 2.45 bits per heavy atom. The molecule has 1 heteroatoms. The normalized spacial score (nSPS) is 41.0. The molecule has 0 radical (unpaired) electrons. The van der Waals surface area contributed by atoms with E-state index in [4.69, 9.17) is 0 Å². The average molecular weight is 150 g/mol. The van der Waals surface area contributed by atoms with Gasteiger partial charge in [0.1, 0.15) is 5.78 Å². The van der Waals surface area contributed by atoms with Gasteiger partial charge in [-0.2, -0.15) is 0 Å². The van der Waals surface area contributed by atoms with E-state index in [1.807, 2.05) is 0 Å². The fourth-order valence-corrected chi connectivity index (χ4v) is 2.40. The maximum absolute atomic E-state index is 11.2. The predicted molar refractivity (Wildman–Crippen MR) is 44.1 cm³/mol. The molecule has 0 amide bonds. The van der Waals surface area contributed by atoms with E-state index in [2.05, 4.69) is 12.2 Å². The maximum atomic E-state index is 11.2. The summed E-state index contributed by atoms with van der Waals surface area (Å²) in [6.07, 6.45) is 8.23. The van der Waals surface area contributed by atoms with Gasteiger partial charge in [0.25, 0.3) is 0 Å². The van der Waals surface area contributed by atoms with Crippen molar-refractivity contribution in [2.45, 2.75) is 26.2 Å². The molecule has 0 aromatic rings. The molecular weight excluding hydrogens is 136 g/mol. The van der Waals surface area contributed by atoms with Gasteiger partial charge in [0.05, 0.1) is 0 Å². The fourth-order valence-electron chi connectivity index (χ4n) is 2.40. The van der Waals surface area contributed by atoms with Gasteiger partial charge in [-0.1, -0.05) is 12.2 Å². The minimum atomic E-state index is 0.360. The first-order valence-corrected chi connectivity index (χ1v) is 4.46. The van der Waals surface area contributed by atoms with Gasteiger partial charge >= 0.3 is 0 Å². The number of carbonyl (C=O) groups excluding carboxylic acids is 1. The summed E-state index contributed by atoms with van der Waals surface area (Å²) in [5.74, 6) is 2.05. The Kier molecular flexibility index (Phi) is 1.59. The zero-order valence-electron chi connectivity index (χ0n) is 6.92. The third-order valence-electron chi connectivity index (χ3n) is 3.10. The smallest absolute Gasteiger partial charge is 0.133 e. The van der Waals surface area contributed by atoms with Crippen LogP contribution in [0.25, 0.3) is 0 Å². The summed E-state index contributed by atoms with van der Waals surface area (Å²) in [4.78, 5) is 11.2. The second kappa shape index (κ2) is 2.47. The summed E-state index contributed by atoms with van der Waals surface area (Å²) in [5, 5.41) is 0. The lowest BCUT2D eigenvalue weighted by atomic mass is 9.68. The monoisotopic (exact) mass is 150 g/mol. The highest BCUT2D eigenvalue weighted by molar-refractivity contribution is 5.79. The van der Waals surface area contributed by atoms with Crippen LogP contribution in [0.15, 0.2) is 12.2 Å². The van der Waals surface area contributed by atoms with E-state index in [-0.39, 0.29) is 0 Å². The predicted octanol–water partition coefficient (Wildman–Crippen LogP) is 2.18. The highest BCUT2D eigenvalue weighted by Gasteiger charge is 2.33. The molecule has 2 bridgehead atoms. The standard InChI is InChI=1S/C10H14O/c1-7(11)10-6-8-2-4-9(10)5-3-8/h2,4,8-10H,3,5-6H2,1H3/t8-,9-,10+/m0/s1. The molecule has 0 N–H and O–H groups in total. The third kappa shape index (κ3) is 1.13. The molecular formula is C10H14O. The lowest BCUT2D eigenvalue weighted by Gasteiger charge is -2.36. The molecule has 3 aliphatic rings. The molecule has 3 atom stereocenters. The highest BCUT2D eigenvalue weighted by Crippen LogP contribution is 2.40. The number of ketones is 1. The van der Waals surface area contributed by atoms with Gasteiger partial charge in [-0.25, -0.2) is 0 Å². The van der Waals surface area contributed by atoms with Crippen molar-refractivity contribution < 1.29 is 4.79 Å². The molecule has 3 aliphatic carbocycles. The zero-order valence-corrected chi connectivity index (χ0v) is 6.92. The van der Waals surface area contributed by atoms with E-state index >= 15 is 0 Å². The van der Waals surface area contributed by atoms with Gasteiger partial charge in [0.2, 0.25) is 0 Å². The molecule has 0 unspecified atom stereocenters. The molecule has 1 nitrogen and oxygen atoms in total. The maximum Gasteiger partial charge on any atom is 0.133 e.